The van der Waals surface area contributed by atoms with Crippen LogP contribution in [0.15, 0.2) is 36.4 Å². The molecule has 26 heavy (non-hydrogen) atoms. The van der Waals surface area contributed by atoms with Crippen LogP contribution in [0.1, 0.15) is 28.8 Å². The topological polar surface area (TPSA) is 44.9 Å². The smallest absolute Gasteiger partial charge is 0.224 e. The predicted octanol–water partition coefficient (Wildman–Crippen LogP) is 5.00. The second-order valence-electron chi connectivity index (χ2n) is 7.00. The number of aromatic amines is 1. The van der Waals surface area contributed by atoms with Gasteiger partial charge >= 0.3 is 0 Å². The molecule has 3 nitrogen and oxygen atoms in total. The number of carbonyl (C=O) groups is 1. The molecule has 1 amide bonds. The minimum absolute atomic E-state index is 0.0710. The van der Waals surface area contributed by atoms with Crippen LogP contribution in [0.2, 0.25) is 10.0 Å². The molecule has 134 valence electrons. The molecule has 0 fully saturated rings. The molecule has 1 heterocycles. The molecule has 0 radical (unpaired) electrons. The Morgan fingerprint density at radius 2 is 2.08 bits per heavy atom. The van der Waals surface area contributed by atoms with Crippen molar-refractivity contribution in [1.29, 1.82) is 0 Å². The van der Waals surface area contributed by atoms with Crippen molar-refractivity contribution >= 4 is 40.0 Å². The summed E-state index contributed by atoms with van der Waals surface area (Å²) < 4.78 is 0. The SMILES string of the molecule is Cc1ccccc1CC(=O)N[C@H]1CCc2[nH]c3cc(Cl)cc(Cl)c3c2C1. The summed E-state index contributed by atoms with van der Waals surface area (Å²) >= 11 is 12.5. The quantitative estimate of drug-likeness (QED) is 0.653. The molecule has 0 saturated heterocycles. The Balaban J connectivity index is 1.51. The number of aryl methyl sites for hydroxylation is 2. The van der Waals surface area contributed by atoms with E-state index in [9.17, 15) is 4.79 Å². The molecule has 0 spiro atoms. The normalized spacial score (nSPS) is 16.5. The maximum Gasteiger partial charge on any atom is 0.224 e. The molecular formula is C21H20Cl2N2O. The average molecular weight is 387 g/mol. The molecule has 2 aromatic carbocycles. The number of benzene rings is 2. The van der Waals surface area contributed by atoms with Crippen LogP contribution in [0, 0.1) is 6.92 Å². The van der Waals surface area contributed by atoms with Crippen LogP contribution in [0.5, 0.6) is 0 Å². The molecule has 1 aliphatic rings. The molecular weight excluding hydrogens is 367 g/mol. The highest BCUT2D eigenvalue weighted by molar-refractivity contribution is 6.38. The van der Waals surface area contributed by atoms with Gasteiger partial charge in [0.05, 0.1) is 11.4 Å². The molecule has 2 N–H and O–H groups in total. The Morgan fingerprint density at radius 3 is 2.88 bits per heavy atom. The van der Waals surface area contributed by atoms with Crippen LogP contribution in [0.25, 0.3) is 10.9 Å². The second kappa shape index (κ2) is 6.98. The van der Waals surface area contributed by atoms with Gasteiger partial charge in [-0.05, 0) is 55.0 Å². The fraction of sp³-hybridized carbons (Fsp3) is 0.286. The minimum Gasteiger partial charge on any atom is -0.358 e. The van der Waals surface area contributed by atoms with Crippen molar-refractivity contribution in [2.75, 3.05) is 0 Å². The Hall–Kier alpha value is -1.97. The number of hydrogen-bond donors (Lipinski definition) is 2. The van der Waals surface area contributed by atoms with Gasteiger partial charge in [-0.1, -0.05) is 47.5 Å². The maximum atomic E-state index is 12.5. The van der Waals surface area contributed by atoms with Gasteiger partial charge in [0.25, 0.3) is 0 Å². The molecule has 0 unspecified atom stereocenters. The summed E-state index contributed by atoms with van der Waals surface area (Å²) in [6.45, 7) is 2.04. The number of amides is 1. The average Bonchev–Trinajstić information content (AvgIpc) is 2.94. The second-order valence-corrected chi connectivity index (χ2v) is 7.85. The van der Waals surface area contributed by atoms with Crippen molar-refractivity contribution in [1.82, 2.24) is 10.3 Å². The first kappa shape index (κ1) is 17.4. The van der Waals surface area contributed by atoms with Crippen molar-refractivity contribution in [3.8, 4) is 0 Å². The maximum absolute atomic E-state index is 12.5. The Labute approximate surface area is 162 Å². The van der Waals surface area contributed by atoms with Crippen molar-refractivity contribution in [2.45, 2.75) is 38.6 Å². The van der Waals surface area contributed by atoms with Gasteiger partial charge < -0.3 is 10.3 Å². The van der Waals surface area contributed by atoms with Gasteiger partial charge in [0.2, 0.25) is 5.91 Å². The molecule has 1 aliphatic carbocycles. The summed E-state index contributed by atoms with van der Waals surface area (Å²) in [7, 11) is 0. The standard InChI is InChI=1S/C21H20Cl2N2O/c1-12-4-2-3-5-13(12)8-20(26)24-15-6-7-18-16(11-15)21-17(23)9-14(22)10-19(21)25-18/h2-5,9-10,15,25H,6-8,11H2,1H3,(H,24,26)/t15-/m0/s1. The minimum atomic E-state index is 0.0710. The third kappa shape index (κ3) is 3.34. The van der Waals surface area contributed by atoms with Crippen molar-refractivity contribution < 1.29 is 4.79 Å². The van der Waals surface area contributed by atoms with E-state index in [-0.39, 0.29) is 11.9 Å². The van der Waals surface area contributed by atoms with Gasteiger partial charge in [-0.2, -0.15) is 0 Å². The van der Waals surface area contributed by atoms with E-state index in [1.807, 2.05) is 37.3 Å². The number of carbonyl (C=O) groups excluding carboxylic acids is 1. The molecule has 1 aromatic heterocycles. The first-order valence-electron chi connectivity index (χ1n) is 8.83. The van der Waals surface area contributed by atoms with E-state index in [4.69, 9.17) is 23.2 Å². The van der Waals surface area contributed by atoms with E-state index in [1.165, 1.54) is 11.3 Å². The largest absolute Gasteiger partial charge is 0.358 e. The third-order valence-electron chi connectivity index (χ3n) is 5.18. The lowest BCUT2D eigenvalue weighted by Crippen LogP contribution is -2.39. The van der Waals surface area contributed by atoms with Gasteiger partial charge in [-0.25, -0.2) is 0 Å². The molecule has 5 heteroatoms. The van der Waals surface area contributed by atoms with Gasteiger partial charge in [-0.3, -0.25) is 4.79 Å². The number of aromatic nitrogens is 1. The number of halogens is 2. The van der Waals surface area contributed by atoms with Crippen LogP contribution >= 0.6 is 23.2 Å². The van der Waals surface area contributed by atoms with E-state index in [0.29, 0.717) is 16.5 Å². The first-order chi connectivity index (χ1) is 12.5. The highest BCUT2D eigenvalue weighted by Gasteiger charge is 2.25. The summed E-state index contributed by atoms with van der Waals surface area (Å²) in [5, 5.41) is 5.52. The summed E-state index contributed by atoms with van der Waals surface area (Å²) in [5.74, 6) is 0.0710. The Morgan fingerprint density at radius 1 is 1.27 bits per heavy atom. The van der Waals surface area contributed by atoms with Crippen LogP contribution in [-0.4, -0.2) is 16.9 Å². The van der Waals surface area contributed by atoms with Gasteiger partial charge in [0.1, 0.15) is 0 Å². The van der Waals surface area contributed by atoms with E-state index in [2.05, 4.69) is 10.3 Å². The number of fused-ring (bicyclic) bond motifs is 3. The third-order valence-corrected chi connectivity index (χ3v) is 5.69. The van der Waals surface area contributed by atoms with Crippen molar-refractivity contribution in [3.05, 3.63) is 68.8 Å². The lowest BCUT2D eigenvalue weighted by atomic mass is 9.91. The zero-order valence-corrected chi connectivity index (χ0v) is 16.0. The number of hydrogen-bond acceptors (Lipinski definition) is 1. The molecule has 1 atom stereocenters. The van der Waals surface area contributed by atoms with Crippen LogP contribution in [0.3, 0.4) is 0 Å². The highest BCUT2D eigenvalue weighted by Crippen LogP contribution is 2.35. The lowest BCUT2D eigenvalue weighted by molar-refractivity contribution is -0.121. The highest BCUT2D eigenvalue weighted by atomic mass is 35.5. The Kier molecular flexibility index (Phi) is 4.68. The van der Waals surface area contributed by atoms with E-state index < -0.39 is 0 Å². The van der Waals surface area contributed by atoms with E-state index in [1.54, 1.807) is 6.07 Å². The molecule has 0 aliphatic heterocycles. The first-order valence-corrected chi connectivity index (χ1v) is 9.59. The van der Waals surface area contributed by atoms with Crippen molar-refractivity contribution in [3.63, 3.8) is 0 Å². The number of rotatable bonds is 3. The van der Waals surface area contributed by atoms with Crippen LogP contribution < -0.4 is 5.32 Å². The number of H-pyrrole nitrogens is 1. The fourth-order valence-electron chi connectivity index (χ4n) is 3.86. The van der Waals surface area contributed by atoms with E-state index >= 15 is 0 Å². The zero-order chi connectivity index (χ0) is 18.3. The molecule has 4 rings (SSSR count). The predicted molar refractivity (Wildman–Crippen MR) is 107 cm³/mol. The monoisotopic (exact) mass is 386 g/mol. The van der Waals surface area contributed by atoms with Crippen molar-refractivity contribution in [2.24, 2.45) is 0 Å². The summed E-state index contributed by atoms with van der Waals surface area (Å²) in [6.07, 6.45) is 3.02. The lowest BCUT2D eigenvalue weighted by Gasteiger charge is -2.24. The zero-order valence-electron chi connectivity index (χ0n) is 14.5. The molecule has 0 saturated carbocycles. The van der Waals surface area contributed by atoms with Gasteiger partial charge in [-0.15, -0.1) is 0 Å². The molecule has 0 bridgehead atoms. The Bertz CT molecular complexity index is 993. The summed E-state index contributed by atoms with van der Waals surface area (Å²) in [6, 6.07) is 11.8. The number of nitrogens with one attached hydrogen (secondary N) is 2. The fourth-order valence-corrected chi connectivity index (χ4v) is 4.46. The van der Waals surface area contributed by atoms with Crippen LogP contribution in [-0.2, 0) is 24.1 Å². The van der Waals surface area contributed by atoms with Crippen LogP contribution in [0.4, 0.5) is 0 Å². The molecule has 3 aromatic rings. The van der Waals surface area contributed by atoms with Gasteiger partial charge in [0.15, 0.2) is 0 Å². The van der Waals surface area contributed by atoms with E-state index in [0.717, 1.165) is 41.3 Å². The van der Waals surface area contributed by atoms with Gasteiger partial charge in [0, 0.05) is 27.7 Å². The summed E-state index contributed by atoms with van der Waals surface area (Å²) in [4.78, 5) is 15.9. The summed E-state index contributed by atoms with van der Waals surface area (Å²) in [5.41, 5.74) is 5.60.